The molecule has 17 heavy (non-hydrogen) atoms. The highest BCUT2D eigenvalue weighted by molar-refractivity contribution is 5.76. The predicted octanol–water partition coefficient (Wildman–Crippen LogP) is 0.732. The monoisotopic (exact) mass is 239 g/mol. The minimum atomic E-state index is 0.00866. The van der Waals surface area contributed by atoms with E-state index in [0.29, 0.717) is 18.7 Å². The summed E-state index contributed by atoms with van der Waals surface area (Å²) in [6.45, 7) is 5.34. The van der Waals surface area contributed by atoms with E-state index in [0.717, 1.165) is 24.5 Å². The summed E-state index contributed by atoms with van der Waals surface area (Å²) in [5.74, 6) is 0.822. The number of nitrogens with zero attached hydrogens (tertiary/aromatic N) is 2. The van der Waals surface area contributed by atoms with Gasteiger partial charge in [0.1, 0.15) is 5.82 Å². The van der Waals surface area contributed by atoms with Gasteiger partial charge in [-0.15, -0.1) is 0 Å². The van der Waals surface area contributed by atoms with Crippen LogP contribution >= 0.6 is 0 Å². The number of hydrogen-bond acceptors (Lipinski definition) is 4. The lowest BCUT2D eigenvalue weighted by atomic mass is 10.3. The van der Waals surface area contributed by atoms with Crippen molar-refractivity contribution in [3.63, 3.8) is 0 Å². The highest BCUT2D eigenvalue weighted by Crippen LogP contribution is 2.22. The van der Waals surface area contributed by atoms with Crippen LogP contribution in [0.5, 0.6) is 0 Å². The van der Waals surface area contributed by atoms with Crippen LogP contribution < -0.4 is 16.4 Å². The molecule has 0 unspecified atom stereocenters. The van der Waals surface area contributed by atoms with Gasteiger partial charge in [-0.2, -0.15) is 5.10 Å². The Hall–Kier alpha value is -1.72. The Bertz CT molecular complexity index is 385. The molecule has 0 bridgehead atoms. The summed E-state index contributed by atoms with van der Waals surface area (Å²) >= 11 is 0. The number of aryl methyl sites for hydroxylation is 2. The number of rotatable bonds is 6. The van der Waals surface area contributed by atoms with Crippen molar-refractivity contribution in [3.05, 3.63) is 5.69 Å². The summed E-state index contributed by atoms with van der Waals surface area (Å²) in [5.41, 5.74) is 7.42. The van der Waals surface area contributed by atoms with Crippen molar-refractivity contribution >= 4 is 17.4 Å². The van der Waals surface area contributed by atoms with E-state index >= 15 is 0 Å². The molecule has 1 aromatic heterocycles. The summed E-state index contributed by atoms with van der Waals surface area (Å²) < 4.78 is 1.86. The Balaban J connectivity index is 2.65. The first-order valence-electron chi connectivity index (χ1n) is 5.87. The molecule has 0 saturated heterocycles. The van der Waals surface area contributed by atoms with Gasteiger partial charge in [0, 0.05) is 26.6 Å². The number of amides is 1. The van der Waals surface area contributed by atoms with Crippen LogP contribution in [0.25, 0.3) is 0 Å². The lowest BCUT2D eigenvalue weighted by Crippen LogP contribution is -2.21. The Labute approximate surface area is 102 Å². The lowest BCUT2D eigenvalue weighted by Gasteiger charge is -2.09. The zero-order valence-electron chi connectivity index (χ0n) is 10.7. The number of aromatic nitrogens is 2. The van der Waals surface area contributed by atoms with Gasteiger partial charge in [-0.3, -0.25) is 4.79 Å². The molecule has 96 valence electrons. The van der Waals surface area contributed by atoms with E-state index in [4.69, 9.17) is 5.73 Å². The van der Waals surface area contributed by atoms with E-state index in [1.54, 1.807) is 7.05 Å². The fourth-order valence-corrected chi connectivity index (χ4v) is 1.57. The zero-order valence-corrected chi connectivity index (χ0v) is 10.7. The van der Waals surface area contributed by atoms with E-state index in [-0.39, 0.29) is 5.91 Å². The molecule has 4 N–H and O–H groups in total. The molecule has 0 saturated carbocycles. The molecule has 0 spiro atoms. The SMILES string of the molecule is CCCn1nc(C)c(N)c1NCCC(=O)NC. The summed E-state index contributed by atoms with van der Waals surface area (Å²) in [6, 6.07) is 0. The van der Waals surface area contributed by atoms with E-state index in [1.807, 2.05) is 11.6 Å². The van der Waals surface area contributed by atoms with Crippen LogP contribution in [0.3, 0.4) is 0 Å². The third-order valence-corrected chi connectivity index (χ3v) is 2.53. The second kappa shape index (κ2) is 6.12. The molecule has 6 heteroatoms. The van der Waals surface area contributed by atoms with Crippen molar-refractivity contribution < 1.29 is 4.79 Å². The van der Waals surface area contributed by atoms with Gasteiger partial charge in [-0.05, 0) is 13.3 Å². The van der Waals surface area contributed by atoms with Gasteiger partial charge in [-0.25, -0.2) is 4.68 Å². The van der Waals surface area contributed by atoms with Gasteiger partial charge >= 0.3 is 0 Å². The number of hydrogen-bond donors (Lipinski definition) is 3. The van der Waals surface area contributed by atoms with Gasteiger partial charge in [0.2, 0.25) is 5.91 Å². The first-order valence-corrected chi connectivity index (χ1v) is 5.87. The molecule has 1 amide bonds. The van der Waals surface area contributed by atoms with Crippen LogP contribution in [0.1, 0.15) is 25.5 Å². The molecule has 0 atom stereocenters. The smallest absolute Gasteiger partial charge is 0.221 e. The van der Waals surface area contributed by atoms with Gasteiger partial charge in [0.15, 0.2) is 0 Å². The lowest BCUT2D eigenvalue weighted by molar-refractivity contribution is -0.120. The molecule has 1 heterocycles. The average Bonchev–Trinajstić information content (AvgIpc) is 2.57. The Morgan fingerprint density at radius 3 is 2.82 bits per heavy atom. The predicted molar refractivity (Wildman–Crippen MR) is 68.8 cm³/mol. The van der Waals surface area contributed by atoms with Crippen LogP contribution in [-0.4, -0.2) is 29.3 Å². The number of carbonyl (C=O) groups is 1. The topological polar surface area (TPSA) is 85.0 Å². The average molecular weight is 239 g/mol. The van der Waals surface area contributed by atoms with Crippen molar-refractivity contribution in [1.82, 2.24) is 15.1 Å². The number of nitrogens with two attached hydrogens (primary N) is 1. The standard InChI is InChI=1S/C11H21N5O/c1-4-7-16-11(10(12)8(2)15-16)14-6-5-9(17)13-3/h14H,4-7,12H2,1-3H3,(H,13,17). The fraction of sp³-hybridized carbons (Fsp3) is 0.636. The molecule has 0 aromatic carbocycles. The summed E-state index contributed by atoms with van der Waals surface area (Å²) in [7, 11) is 1.63. The van der Waals surface area contributed by atoms with Crippen molar-refractivity contribution in [1.29, 1.82) is 0 Å². The minimum absolute atomic E-state index is 0.00866. The molecular formula is C11H21N5O. The summed E-state index contributed by atoms with van der Waals surface area (Å²) in [4.78, 5) is 11.1. The molecule has 0 aliphatic heterocycles. The fourth-order valence-electron chi connectivity index (χ4n) is 1.57. The first kappa shape index (κ1) is 13.3. The quantitative estimate of drug-likeness (QED) is 0.683. The molecule has 0 aliphatic rings. The molecule has 1 rings (SSSR count). The number of carbonyl (C=O) groups excluding carboxylic acids is 1. The normalized spacial score (nSPS) is 10.3. The van der Waals surface area contributed by atoms with Crippen molar-refractivity contribution in [2.75, 3.05) is 24.6 Å². The minimum Gasteiger partial charge on any atom is -0.394 e. The highest BCUT2D eigenvalue weighted by atomic mass is 16.1. The maximum Gasteiger partial charge on any atom is 0.221 e. The Morgan fingerprint density at radius 2 is 2.24 bits per heavy atom. The van der Waals surface area contributed by atoms with Crippen molar-refractivity contribution in [2.45, 2.75) is 33.2 Å². The Kier molecular flexibility index (Phi) is 4.81. The van der Waals surface area contributed by atoms with Gasteiger partial charge in [0.05, 0.1) is 11.4 Å². The van der Waals surface area contributed by atoms with Crippen LogP contribution in [-0.2, 0) is 11.3 Å². The van der Waals surface area contributed by atoms with Crippen molar-refractivity contribution in [2.24, 2.45) is 0 Å². The van der Waals surface area contributed by atoms with E-state index < -0.39 is 0 Å². The number of nitrogens with one attached hydrogen (secondary N) is 2. The largest absolute Gasteiger partial charge is 0.394 e. The van der Waals surface area contributed by atoms with Crippen LogP contribution in [0, 0.1) is 6.92 Å². The summed E-state index contributed by atoms with van der Waals surface area (Å²) in [6.07, 6.45) is 1.41. The van der Waals surface area contributed by atoms with Crippen LogP contribution in [0.2, 0.25) is 0 Å². The third kappa shape index (κ3) is 3.37. The number of anilines is 2. The van der Waals surface area contributed by atoms with Crippen LogP contribution in [0.4, 0.5) is 11.5 Å². The molecular weight excluding hydrogens is 218 g/mol. The second-order valence-electron chi connectivity index (χ2n) is 3.92. The highest BCUT2D eigenvalue weighted by Gasteiger charge is 2.11. The molecule has 0 radical (unpaired) electrons. The van der Waals surface area contributed by atoms with E-state index in [2.05, 4.69) is 22.7 Å². The summed E-state index contributed by atoms with van der Waals surface area (Å²) in [5, 5.41) is 10.1. The zero-order chi connectivity index (χ0) is 12.8. The maximum absolute atomic E-state index is 11.1. The Morgan fingerprint density at radius 1 is 1.53 bits per heavy atom. The van der Waals surface area contributed by atoms with Crippen LogP contribution in [0.15, 0.2) is 0 Å². The third-order valence-electron chi connectivity index (χ3n) is 2.53. The van der Waals surface area contributed by atoms with E-state index in [9.17, 15) is 4.79 Å². The molecule has 1 aromatic rings. The molecule has 0 aliphatic carbocycles. The second-order valence-corrected chi connectivity index (χ2v) is 3.92. The maximum atomic E-state index is 11.1. The van der Waals surface area contributed by atoms with Gasteiger partial charge in [-0.1, -0.05) is 6.92 Å². The van der Waals surface area contributed by atoms with Gasteiger partial charge < -0.3 is 16.4 Å². The first-order chi connectivity index (χ1) is 8.10. The molecule has 6 nitrogen and oxygen atoms in total. The van der Waals surface area contributed by atoms with Crippen molar-refractivity contribution in [3.8, 4) is 0 Å². The molecule has 0 fully saturated rings. The van der Waals surface area contributed by atoms with Gasteiger partial charge in [0.25, 0.3) is 0 Å². The number of nitrogen functional groups attached to an aromatic ring is 1. The van der Waals surface area contributed by atoms with E-state index in [1.165, 1.54) is 0 Å².